The van der Waals surface area contributed by atoms with Crippen LogP contribution in [0, 0.1) is 0 Å². The molecule has 16 heavy (non-hydrogen) atoms. The van der Waals surface area contributed by atoms with E-state index in [2.05, 4.69) is 0 Å². The van der Waals surface area contributed by atoms with Crippen molar-refractivity contribution in [2.75, 3.05) is 7.11 Å². The summed E-state index contributed by atoms with van der Waals surface area (Å²) >= 11 is 12.2. The Morgan fingerprint density at radius 2 is 2.12 bits per heavy atom. The van der Waals surface area contributed by atoms with Gasteiger partial charge in [-0.25, -0.2) is 0 Å². The lowest BCUT2D eigenvalue weighted by atomic mass is 10.1. The molecule has 2 aromatic rings. The molecule has 1 aromatic carbocycles. The Kier molecular flexibility index (Phi) is 3.42. The highest BCUT2D eigenvalue weighted by atomic mass is 35.5. The van der Waals surface area contributed by atoms with Crippen LogP contribution in [-0.4, -0.2) is 7.11 Å². The van der Waals surface area contributed by atoms with Gasteiger partial charge in [0.25, 0.3) is 0 Å². The zero-order valence-corrected chi connectivity index (χ0v) is 10.1. The Morgan fingerprint density at radius 1 is 1.31 bits per heavy atom. The second-order valence-electron chi connectivity index (χ2n) is 3.26. The summed E-state index contributed by atoms with van der Waals surface area (Å²) in [4.78, 5) is 0. The van der Waals surface area contributed by atoms with Crippen LogP contribution in [-0.2, 0) is 0 Å². The van der Waals surface area contributed by atoms with Crippen molar-refractivity contribution >= 4 is 23.2 Å². The van der Waals surface area contributed by atoms with Crippen LogP contribution in [0.2, 0.25) is 5.02 Å². The highest BCUT2D eigenvalue weighted by Gasteiger charge is 2.18. The number of halogens is 2. The fourth-order valence-electron chi connectivity index (χ4n) is 1.49. The van der Waals surface area contributed by atoms with Gasteiger partial charge in [0.15, 0.2) is 0 Å². The van der Waals surface area contributed by atoms with E-state index in [-0.39, 0.29) is 0 Å². The Bertz CT molecular complexity index is 466. The zero-order chi connectivity index (χ0) is 11.5. The summed E-state index contributed by atoms with van der Waals surface area (Å²) < 4.78 is 10.5. The van der Waals surface area contributed by atoms with Crippen molar-refractivity contribution in [1.82, 2.24) is 0 Å². The number of alkyl halides is 1. The lowest BCUT2D eigenvalue weighted by molar-refractivity contribution is 0.408. The second kappa shape index (κ2) is 4.81. The number of ether oxygens (including phenoxy) is 1. The fourth-order valence-corrected chi connectivity index (χ4v) is 1.97. The van der Waals surface area contributed by atoms with Crippen molar-refractivity contribution in [3.63, 3.8) is 0 Å². The van der Waals surface area contributed by atoms with Crippen LogP contribution in [0.4, 0.5) is 0 Å². The molecule has 2 nitrogen and oxygen atoms in total. The lowest BCUT2D eigenvalue weighted by Crippen LogP contribution is -1.96. The number of benzene rings is 1. The van der Waals surface area contributed by atoms with Gasteiger partial charge in [-0.15, -0.1) is 11.6 Å². The summed E-state index contributed by atoms with van der Waals surface area (Å²) in [5, 5.41) is 0.219. The molecule has 1 heterocycles. The molecule has 0 radical (unpaired) electrons. The quantitative estimate of drug-likeness (QED) is 0.766. The van der Waals surface area contributed by atoms with E-state index in [1.54, 1.807) is 37.6 Å². The Hall–Kier alpha value is -1.12. The molecule has 0 saturated heterocycles. The summed E-state index contributed by atoms with van der Waals surface area (Å²) in [6.45, 7) is 0. The van der Waals surface area contributed by atoms with E-state index < -0.39 is 5.38 Å². The van der Waals surface area contributed by atoms with E-state index in [1.165, 1.54) is 0 Å². The molecule has 0 fully saturated rings. The molecule has 0 amide bonds. The molecule has 0 aliphatic carbocycles. The summed E-state index contributed by atoms with van der Waals surface area (Å²) in [5.41, 5.74) is 0.798. The molecule has 0 saturated carbocycles. The maximum atomic E-state index is 6.30. The third-order valence-electron chi connectivity index (χ3n) is 2.26. The molecular weight excluding hydrogens is 247 g/mol. The fraction of sp³-hybridized carbons (Fsp3) is 0.167. The van der Waals surface area contributed by atoms with Crippen molar-refractivity contribution in [3.05, 3.63) is 52.9 Å². The minimum atomic E-state index is -0.399. The van der Waals surface area contributed by atoms with Crippen molar-refractivity contribution in [1.29, 1.82) is 0 Å². The van der Waals surface area contributed by atoms with E-state index in [0.717, 1.165) is 5.56 Å². The summed E-state index contributed by atoms with van der Waals surface area (Å²) in [5.74, 6) is 1.36. The highest BCUT2D eigenvalue weighted by molar-refractivity contribution is 6.31. The van der Waals surface area contributed by atoms with Crippen molar-refractivity contribution in [3.8, 4) is 5.75 Å². The standard InChI is InChI=1S/C12H10Cl2O2/c1-15-10-5-4-8(13)7-9(10)12(14)11-3-2-6-16-11/h2-7,12H,1H3. The highest BCUT2D eigenvalue weighted by Crippen LogP contribution is 2.36. The van der Waals surface area contributed by atoms with E-state index in [4.69, 9.17) is 32.4 Å². The topological polar surface area (TPSA) is 22.4 Å². The van der Waals surface area contributed by atoms with Crippen LogP contribution in [0.1, 0.15) is 16.7 Å². The minimum Gasteiger partial charge on any atom is -0.496 e. The average molecular weight is 257 g/mol. The van der Waals surface area contributed by atoms with Gasteiger partial charge in [-0.3, -0.25) is 0 Å². The number of methoxy groups -OCH3 is 1. The largest absolute Gasteiger partial charge is 0.496 e. The summed E-state index contributed by atoms with van der Waals surface area (Å²) in [6.07, 6.45) is 1.59. The predicted octanol–water partition coefficient (Wildman–Crippen LogP) is 4.27. The molecule has 1 atom stereocenters. The van der Waals surface area contributed by atoms with Crippen molar-refractivity contribution in [2.45, 2.75) is 5.38 Å². The van der Waals surface area contributed by atoms with Gasteiger partial charge >= 0.3 is 0 Å². The third kappa shape index (κ3) is 2.18. The lowest BCUT2D eigenvalue weighted by Gasteiger charge is -2.12. The van der Waals surface area contributed by atoms with E-state index in [9.17, 15) is 0 Å². The van der Waals surface area contributed by atoms with E-state index >= 15 is 0 Å². The molecule has 2 rings (SSSR count). The van der Waals surface area contributed by atoms with Gasteiger partial charge in [0.2, 0.25) is 0 Å². The number of rotatable bonds is 3. The first kappa shape index (κ1) is 11.4. The molecule has 0 bridgehead atoms. The first-order valence-electron chi connectivity index (χ1n) is 4.73. The molecule has 0 N–H and O–H groups in total. The van der Waals surface area contributed by atoms with E-state index in [0.29, 0.717) is 16.5 Å². The van der Waals surface area contributed by atoms with Gasteiger partial charge in [0.05, 0.1) is 13.4 Å². The molecule has 0 aliphatic rings. The minimum absolute atomic E-state index is 0.399. The van der Waals surface area contributed by atoms with Gasteiger partial charge in [-0.05, 0) is 30.3 Å². The smallest absolute Gasteiger partial charge is 0.126 e. The molecule has 1 aromatic heterocycles. The van der Waals surface area contributed by atoms with Crippen LogP contribution in [0.15, 0.2) is 41.0 Å². The van der Waals surface area contributed by atoms with Crippen LogP contribution in [0.5, 0.6) is 5.75 Å². The van der Waals surface area contributed by atoms with Crippen molar-refractivity contribution in [2.24, 2.45) is 0 Å². The summed E-state index contributed by atoms with van der Waals surface area (Å²) in [7, 11) is 1.60. The number of hydrogen-bond donors (Lipinski definition) is 0. The second-order valence-corrected chi connectivity index (χ2v) is 4.14. The van der Waals surface area contributed by atoms with E-state index in [1.807, 2.05) is 6.07 Å². The van der Waals surface area contributed by atoms with Gasteiger partial charge in [0, 0.05) is 10.6 Å². The van der Waals surface area contributed by atoms with Crippen LogP contribution in [0.3, 0.4) is 0 Å². The Morgan fingerprint density at radius 3 is 2.75 bits per heavy atom. The molecular formula is C12H10Cl2O2. The maximum Gasteiger partial charge on any atom is 0.126 e. The van der Waals surface area contributed by atoms with Crippen LogP contribution in [0.25, 0.3) is 0 Å². The van der Waals surface area contributed by atoms with Crippen molar-refractivity contribution < 1.29 is 9.15 Å². The van der Waals surface area contributed by atoms with Gasteiger partial charge in [-0.2, -0.15) is 0 Å². The first-order valence-corrected chi connectivity index (χ1v) is 5.54. The van der Waals surface area contributed by atoms with Gasteiger partial charge in [-0.1, -0.05) is 11.6 Å². The first-order chi connectivity index (χ1) is 7.72. The normalized spacial score (nSPS) is 12.4. The van der Waals surface area contributed by atoms with Gasteiger partial charge < -0.3 is 9.15 Å². The third-order valence-corrected chi connectivity index (χ3v) is 2.94. The number of hydrogen-bond acceptors (Lipinski definition) is 2. The molecule has 1 unspecified atom stereocenters. The molecule has 4 heteroatoms. The molecule has 0 spiro atoms. The van der Waals surface area contributed by atoms with Gasteiger partial charge in [0.1, 0.15) is 16.9 Å². The molecule has 84 valence electrons. The predicted molar refractivity (Wildman–Crippen MR) is 64.4 cm³/mol. The SMILES string of the molecule is COc1ccc(Cl)cc1C(Cl)c1ccco1. The zero-order valence-electron chi connectivity index (χ0n) is 8.61. The van der Waals surface area contributed by atoms with Crippen LogP contribution < -0.4 is 4.74 Å². The Labute approximate surface area is 104 Å². The maximum absolute atomic E-state index is 6.30. The van der Waals surface area contributed by atoms with Crippen LogP contribution >= 0.6 is 23.2 Å². The average Bonchev–Trinajstić information content (AvgIpc) is 2.81. The monoisotopic (exact) mass is 256 g/mol. The Balaban J connectivity index is 2.42. The number of furan rings is 1. The summed E-state index contributed by atoms with van der Waals surface area (Å²) in [6, 6.07) is 8.94. The molecule has 0 aliphatic heterocycles.